The van der Waals surface area contributed by atoms with Gasteiger partial charge in [0.25, 0.3) is 0 Å². The largest absolute Gasteiger partial charge is 0.472 e. The molecule has 14 heteroatoms. The number of rotatable bonds is 5. The zero-order valence-corrected chi connectivity index (χ0v) is 18.2. The number of carbonyl (C=O) groups excluding carboxylic acids is 2. The number of nitrogens with two attached hydrogens (primary N) is 1. The van der Waals surface area contributed by atoms with Crippen LogP contribution in [0.15, 0.2) is 23.0 Å². The Hall–Kier alpha value is -3.16. The van der Waals surface area contributed by atoms with Gasteiger partial charge in [-0.05, 0) is 12.5 Å². The minimum atomic E-state index is -4.73. The lowest BCUT2D eigenvalue weighted by molar-refractivity contribution is -0.171. The van der Waals surface area contributed by atoms with Crippen LogP contribution in [0, 0.1) is 5.92 Å². The second-order valence-electron chi connectivity index (χ2n) is 8.60. The zero-order valence-electron chi connectivity index (χ0n) is 18.2. The number of amides is 2. The summed E-state index contributed by atoms with van der Waals surface area (Å²) in [5.74, 6) is -3.16. The first-order valence-corrected chi connectivity index (χ1v) is 10.7. The van der Waals surface area contributed by atoms with Gasteiger partial charge in [-0.2, -0.15) is 26.3 Å². The summed E-state index contributed by atoms with van der Waals surface area (Å²) in [6.45, 7) is -0.993. The molecule has 2 aromatic rings. The van der Waals surface area contributed by atoms with Gasteiger partial charge in [0.15, 0.2) is 11.5 Å². The molecule has 2 aliphatic rings. The second kappa shape index (κ2) is 9.13. The molecule has 1 fully saturated rings. The number of halogens is 6. The number of hydrogen-bond acceptors (Lipinski definition) is 6. The number of alkyl halides is 6. The molecule has 1 saturated heterocycles. The quantitative estimate of drug-likeness (QED) is 0.627. The van der Waals surface area contributed by atoms with Gasteiger partial charge in [-0.3, -0.25) is 9.59 Å². The van der Waals surface area contributed by atoms with Crippen molar-refractivity contribution in [2.24, 2.45) is 11.7 Å². The molecule has 2 N–H and O–H groups in total. The lowest BCUT2D eigenvalue weighted by Crippen LogP contribution is -2.44. The molecule has 0 spiro atoms. The summed E-state index contributed by atoms with van der Waals surface area (Å²) in [5.41, 5.74) is 5.05. The Morgan fingerprint density at radius 3 is 2.57 bits per heavy atom. The molecule has 4 rings (SSSR count). The molecule has 190 valence electrons. The van der Waals surface area contributed by atoms with Crippen molar-refractivity contribution in [3.8, 4) is 11.4 Å². The summed E-state index contributed by atoms with van der Waals surface area (Å²) in [5, 5.41) is 0. The van der Waals surface area contributed by atoms with E-state index in [1.54, 1.807) is 0 Å². The molecule has 8 nitrogen and oxygen atoms in total. The van der Waals surface area contributed by atoms with Crippen molar-refractivity contribution in [2.45, 2.75) is 44.2 Å². The standard InChI is InChI=1S/C21H21F6N5O3/c22-20(23,24)12-5-16(33)32(7-12)8-13(28)6-17(34)31-3-1-14-15(9-31)29-19(11-2-4-35-10-11)30-18(14)21(25,26)27/h2,4,10,12-13H,1,3,5-9,28H2/t12?,13-/m0/s1. The van der Waals surface area contributed by atoms with Gasteiger partial charge in [0.2, 0.25) is 11.8 Å². The van der Waals surface area contributed by atoms with Crippen LogP contribution in [-0.2, 0) is 28.7 Å². The van der Waals surface area contributed by atoms with E-state index in [0.717, 1.165) is 4.90 Å². The Kier molecular flexibility index (Phi) is 6.51. The van der Waals surface area contributed by atoms with E-state index in [9.17, 15) is 35.9 Å². The monoisotopic (exact) mass is 505 g/mol. The van der Waals surface area contributed by atoms with Gasteiger partial charge in [-0.15, -0.1) is 0 Å². The van der Waals surface area contributed by atoms with Gasteiger partial charge in [0.1, 0.15) is 6.26 Å². The lowest BCUT2D eigenvalue weighted by atomic mass is 10.0. The molecule has 0 bridgehead atoms. The van der Waals surface area contributed by atoms with Crippen molar-refractivity contribution in [1.29, 1.82) is 0 Å². The summed E-state index contributed by atoms with van der Waals surface area (Å²) in [7, 11) is 0. The fraction of sp³-hybridized carbons (Fsp3) is 0.524. The summed E-state index contributed by atoms with van der Waals surface area (Å²) in [6, 6.07) is 0.479. The maximum absolute atomic E-state index is 13.6. The van der Waals surface area contributed by atoms with E-state index in [2.05, 4.69) is 9.97 Å². The van der Waals surface area contributed by atoms with Gasteiger partial charge >= 0.3 is 12.4 Å². The van der Waals surface area contributed by atoms with Crippen LogP contribution in [0.2, 0.25) is 0 Å². The fourth-order valence-electron chi connectivity index (χ4n) is 4.27. The van der Waals surface area contributed by atoms with E-state index >= 15 is 0 Å². The van der Waals surface area contributed by atoms with Crippen LogP contribution >= 0.6 is 0 Å². The SMILES string of the molecule is N[C@@H](CC(=O)N1CCc2c(nc(-c3ccoc3)nc2C(F)(F)F)C1)CN1CC(C(F)(F)F)CC1=O. The van der Waals surface area contributed by atoms with Gasteiger partial charge in [0, 0.05) is 44.1 Å². The van der Waals surface area contributed by atoms with E-state index in [4.69, 9.17) is 10.2 Å². The Balaban J connectivity index is 1.45. The average molecular weight is 505 g/mol. The molecule has 2 atom stereocenters. The first-order chi connectivity index (χ1) is 16.3. The van der Waals surface area contributed by atoms with Crippen LogP contribution in [0.25, 0.3) is 11.4 Å². The van der Waals surface area contributed by atoms with Gasteiger partial charge in [-0.25, -0.2) is 9.97 Å². The highest BCUT2D eigenvalue weighted by Gasteiger charge is 2.47. The number of fused-ring (bicyclic) bond motifs is 1. The highest BCUT2D eigenvalue weighted by molar-refractivity contribution is 5.79. The number of aromatic nitrogens is 2. The highest BCUT2D eigenvalue weighted by atomic mass is 19.4. The van der Waals surface area contributed by atoms with E-state index in [0.29, 0.717) is 0 Å². The Morgan fingerprint density at radius 1 is 1.23 bits per heavy atom. The molecule has 2 amide bonds. The van der Waals surface area contributed by atoms with E-state index in [1.165, 1.54) is 23.5 Å². The molecule has 2 aliphatic heterocycles. The minimum Gasteiger partial charge on any atom is -0.472 e. The molecule has 0 aliphatic carbocycles. The topological polar surface area (TPSA) is 106 Å². The Morgan fingerprint density at radius 2 is 1.97 bits per heavy atom. The van der Waals surface area contributed by atoms with Gasteiger partial charge in [-0.1, -0.05) is 0 Å². The second-order valence-corrected chi connectivity index (χ2v) is 8.60. The van der Waals surface area contributed by atoms with Crippen LogP contribution < -0.4 is 5.73 Å². The van der Waals surface area contributed by atoms with Crippen molar-refractivity contribution in [2.75, 3.05) is 19.6 Å². The van der Waals surface area contributed by atoms with Crippen LogP contribution in [0.5, 0.6) is 0 Å². The van der Waals surface area contributed by atoms with Crippen LogP contribution in [0.3, 0.4) is 0 Å². The third-order valence-electron chi connectivity index (χ3n) is 6.03. The molecule has 4 heterocycles. The number of carbonyl (C=O) groups is 2. The summed E-state index contributed by atoms with van der Waals surface area (Å²) in [6.07, 6.45) is -7.83. The Labute approximate surface area is 195 Å². The first kappa shape index (κ1) is 24.9. The normalized spacial score (nSPS) is 19.7. The number of likely N-dealkylation sites (tertiary alicyclic amines) is 1. The molecule has 0 aromatic carbocycles. The van der Waals surface area contributed by atoms with Crippen molar-refractivity contribution in [3.63, 3.8) is 0 Å². The summed E-state index contributed by atoms with van der Waals surface area (Å²) >= 11 is 0. The summed E-state index contributed by atoms with van der Waals surface area (Å²) < 4.78 is 84.5. The summed E-state index contributed by atoms with van der Waals surface area (Å²) in [4.78, 5) is 34.8. The fourth-order valence-corrected chi connectivity index (χ4v) is 4.27. The molecule has 1 unspecified atom stereocenters. The van der Waals surface area contributed by atoms with Crippen molar-refractivity contribution < 1.29 is 40.3 Å². The van der Waals surface area contributed by atoms with Crippen LogP contribution in [-0.4, -0.2) is 63.4 Å². The molecule has 0 radical (unpaired) electrons. The maximum Gasteiger partial charge on any atom is 0.433 e. The van der Waals surface area contributed by atoms with E-state index in [-0.39, 0.29) is 55.1 Å². The molecule has 2 aromatic heterocycles. The molecular weight excluding hydrogens is 484 g/mol. The van der Waals surface area contributed by atoms with E-state index < -0.39 is 54.8 Å². The molecule has 0 saturated carbocycles. The lowest BCUT2D eigenvalue weighted by Gasteiger charge is -2.31. The predicted molar refractivity (Wildman–Crippen MR) is 107 cm³/mol. The number of hydrogen-bond donors (Lipinski definition) is 1. The predicted octanol–water partition coefficient (Wildman–Crippen LogP) is 2.77. The minimum absolute atomic E-state index is 0.0329. The third kappa shape index (κ3) is 5.41. The van der Waals surface area contributed by atoms with Crippen molar-refractivity contribution >= 4 is 11.8 Å². The van der Waals surface area contributed by atoms with E-state index in [1.807, 2.05) is 0 Å². The maximum atomic E-state index is 13.6. The third-order valence-corrected chi connectivity index (χ3v) is 6.03. The Bertz CT molecular complexity index is 1100. The van der Waals surface area contributed by atoms with Crippen LogP contribution in [0.1, 0.15) is 29.8 Å². The van der Waals surface area contributed by atoms with Crippen molar-refractivity contribution in [1.82, 2.24) is 19.8 Å². The molecular formula is C21H21F6N5O3. The van der Waals surface area contributed by atoms with Gasteiger partial charge < -0.3 is 20.0 Å². The van der Waals surface area contributed by atoms with Gasteiger partial charge in [0.05, 0.1) is 30.0 Å². The van der Waals surface area contributed by atoms with Crippen molar-refractivity contribution in [3.05, 3.63) is 35.5 Å². The van der Waals surface area contributed by atoms with Crippen LogP contribution in [0.4, 0.5) is 26.3 Å². The smallest absolute Gasteiger partial charge is 0.433 e. The first-order valence-electron chi connectivity index (χ1n) is 10.7. The zero-order chi connectivity index (χ0) is 25.5. The number of furan rings is 1. The highest BCUT2D eigenvalue weighted by Crippen LogP contribution is 2.36. The average Bonchev–Trinajstić information content (AvgIpc) is 3.42. The molecule has 35 heavy (non-hydrogen) atoms. The number of nitrogens with zero attached hydrogens (tertiary/aromatic N) is 4.